The van der Waals surface area contributed by atoms with E-state index < -0.39 is 5.60 Å². The molecule has 0 atom stereocenters. The van der Waals surface area contributed by atoms with Crippen molar-refractivity contribution in [2.45, 2.75) is 65.4 Å². The maximum absolute atomic E-state index is 11.9. The highest BCUT2D eigenvalue weighted by molar-refractivity contribution is 5.68. The minimum atomic E-state index is -0.401. The summed E-state index contributed by atoms with van der Waals surface area (Å²) in [7, 11) is 0. The minimum absolute atomic E-state index is 0.189. The summed E-state index contributed by atoms with van der Waals surface area (Å²) in [5.41, 5.74) is 1.10. The maximum Gasteiger partial charge on any atom is 0.410 e. The Morgan fingerprint density at radius 3 is 2.61 bits per heavy atom. The number of amides is 1. The van der Waals surface area contributed by atoms with Crippen molar-refractivity contribution >= 4 is 6.09 Å². The first-order valence-electron chi connectivity index (χ1n) is 7.08. The lowest BCUT2D eigenvalue weighted by Gasteiger charge is -2.29. The molecule has 18 heavy (non-hydrogen) atoms. The van der Waals surface area contributed by atoms with Crippen LogP contribution in [0.1, 0.15) is 59.8 Å². The van der Waals surface area contributed by atoms with Crippen molar-refractivity contribution in [3.8, 4) is 0 Å². The highest BCUT2D eigenvalue weighted by Crippen LogP contribution is 2.19. The number of rotatable bonds is 4. The first kappa shape index (κ1) is 15.1. The van der Waals surface area contributed by atoms with Gasteiger partial charge in [0.1, 0.15) is 5.60 Å². The quantitative estimate of drug-likeness (QED) is 0.557. The van der Waals surface area contributed by atoms with Crippen molar-refractivity contribution in [3.05, 3.63) is 11.6 Å². The molecule has 0 fully saturated rings. The molecule has 0 saturated heterocycles. The van der Waals surface area contributed by atoms with Crippen molar-refractivity contribution < 1.29 is 9.53 Å². The average Bonchev–Trinajstić information content (AvgIpc) is 2.28. The second kappa shape index (κ2) is 6.81. The SMILES string of the molecule is CCCCCC1=CCN(C(=O)OC(C)(C)C)CC1. The van der Waals surface area contributed by atoms with Gasteiger partial charge in [-0.2, -0.15) is 0 Å². The van der Waals surface area contributed by atoms with Gasteiger partial charge in [-0.15, -0.1) is 0 Å². The Hall–Kier alpha value is -0.990. The van der Waals surface area contributed by atoms with Crippen LogP contribution in [0.25, 0.3) is 0 Å². The largest absolute Gasteiger partial charge is 0.444 e. The molecule has 1 rings (SSSR count). The summed E-state index contributed by atoms with van der Waals surface area (Å²) in [5.74, 6) is 0. The number of carbonyl (C=O) groups excluding carboxylic acids is 1. The van der Waals surface area contributed by atoms with E-state index in [2.05, 4.69) is 13.0 Å². The predicted octanol–water partition coefficient (Wildman–Crippen LogP) is 4.13. The lowest BCUT2D eigenvalue weighted by molar-refractivity contribution is 0.0265. The summed E-state index contributed by atoms with van der Waals surface area (Å²) in [5, 5.41) is 0. The molecular formula is C15H27NO2. The number of carbonyl (C=O) groups is 1. The lowest BCUT2D eigenvalue weighted by Crippen LogP contribution is -2.39. The molecule has 0 aromatic carbocycles. The summed E-state index contributed by atoms with van der Waals surface area (Å²) in [6.45, 7) is 9.44. The van der Waals surface area contributed by atoms with Gasteiger partial charge in [-0.05, 0) is 40.0 Å². The highest BCUT2D eigenvalue weighted by Gasteiger charge is 2.23. The van der Waals surface area contributed by atoms with E-state index >= 15 is 0 Å². The molecule has 0 saturated carbocycles. The van der Waals surface area contributed by atoms with Gasteiger partial charge < -0.3 is 9.64 Å². The molecular weight excluding hydrogens is 226 g/mol. The summed E-state index contributed by atoms with van der Waals surface area (Å²) < 4.78 is 5.37. The maximum atomic E-state index is 11.9. The van der Waals surface area contributed by atoms with E-state index in [4.69, 9.17) is 4.74 Å². The Morgan fingerprint density at radius 2 is 2.11 bits per heavy atom. The van der Waals surface area contributed by atoms with Crippen molar-refractivity contribution in [2.24, 2.45) is 0 Å². The van der Waals surface area contributed by atoms with E-state index in [0.29, 0.717) is 6.54 Å². The summed E-state index contributed by atoms with van der Waals surface area (Å²) in [6.07, 6.45) is 8.03. The number of unbranched alkanes of at least 4 members (excludes halogenated alkanes) is 2. The lowest BCUT2D eigenvalue weighted by atomic mass is 10.0. The molecule has 0 aromatic rings. The van der Waals surface area contributed by atoms with Crippen LogP contribution >= 0.6 is 0 Å². The van der Waals surface area contributed by atoms with Crippen LogP contribution in [-0.4, -0.2) is 29.7 Å². The molecule has 0 radical (unpaired) electrons. The molecule has 0 aliphatic carbocycles. The topological polar surface area (TPSA) is 29.5 Å². The van der Waals surface area contributed by atoms with Crippen LogP contribution in [-0.2, 0) is 4.74 Å². The van der Waals surface area contributed by atoms with E-state index in [1.54, 1.807) is 4.90 Å². The molecule has 3 heteroatoms. The summed E-state index contributed by atoms with van der Waals surface area (Å²) in [6, 6.07) is 0. The fourth-order valence-electron chi connectivity index (χ4n) is 2.03. The van der Waals surface area contributed by atoms with Crippen LogP contribution in [0, 0.1) is 0 Å². The number of nitrogens with zero attached hydrogens (tertiary/aromatic N) is 1. The first-order valence-corrected chi connectivity index (χ1v) is 7.08. The van der Waals surface area contributed by atoms with E-state index in [1.807, 2.05) is 20.8 Å². The Morgan fingerprint density at radius 1 is 1.39 bits per heavy atom. The molecule has 0 spiro atoms. The Bertz CT molecular complexity index is 302. The van der Waals surface area contributed by atoms with E-state index in [0.717, 1.165) is 13.0 Å². The van der Waals surface area contributed by atoms with Crippen molar-refractivity contribution in [2.75, 3.05) is 13.1 Å². The average molecular weight is 253 g/mol. The van der Waals surface area contributed by atoms with Gasteiger partial charge in [0.25, 0.3) is 0 Å². The van der Waals surface area contributed by atoms with Crippen LogP contribution in [0.3, 0.4) is 0 Å². The molecule has 0 bridgehead atoms. The smallest absolute Gasteiger partial charge is 0.410 e. The van der Waals surface area contributed by atoms with Gasteiger partial charge in [-0.3, -0.25) is 0 Å². The second-order valence-electron chi connectivity index (χ2n) is 6.00. The number of hydrogen-bond donors (Lipinski definition) is 0. The monoisotopic (exact) mass is 253 g/mol. The van der Waals surface area contributed by atoms with E-state index in [1.165, 1.54) is 31.3 Å². The molecule has 0 aromatic heterocycles. The van der Waals surface area contributed by atoms with Gasteiger partial charge in [0, 0.05) is 13.1 Å². The molecule has 3 nitrogen and oxygen atoms in total. The Balaban J connectivity index is 2.35. The normalized spacial score (nSPS) is 16.4. The Kier molecular flexibility index (Phi) is 5.70. The molecule has 0 unspecified atom stereocenters. The molecule has 0 N–H and O–H groups in total. The van der Waals surface area contributed by atoms with Gasteiger partial charge in [0.05, 0.1) is 0 Å². The van der Waals surface area contributed by atoms with Crippen LogP contribution < -0.4 is 0 Å². The van der Waals surface area contributed by atoms with Gasteiger partial charge in [0.2, 0.25) is 0 Å². The predicted molar refractivity (Wildman–Crippen MR) is 74.6 cm³/mol. The Labute approximate surface area is 111 Å². The second-order valence-corrected chi connectivity index (χ2v) is 6.00. The summed E-state index contributed by atoms with van der Waals surface area (Å²) >= 11 is 0. The minimum Gasteiger partial charge on any atom is -0.444 e. The van der Waals surface area contributed by atoms with Gasteiger partial charge in [-0.25, -0.2) is 4.79 Å². The third-order valence-electron chi connectivity index (χ3n) is 3.06. The highest BCUT2D eigenvalue weighted by atomic mass is 16.6. The molecule has 1 aliphatic rings. The zero-order valence-electron chi connectivity index (χ0n) is 12.3. The molecule has 1 heterocycles. The summed E-state index contributed by atoms with van der Waals surface area (Å²) in [4.78, 5) is 13.6. The zero-order chi connectivity index (χ0) is 13.6. The third kappa shape index (κ3) is 5.56. The van der Waals surface area contributed by atoms with Gasteiger partial charge >= 0.3 is 6.09 Å². The number of ether oxygens (including phenoxy) is 1. The van der Waals surface area contributed by atoms with E-state index in [9.17, 15) is 4.79 Å². The van der Waals surface area contributed by atoms with Crippen LogP contribution in [0.15, 0.2) is 11.6 Å². The van der Waals surface area contributed by atoms with Gasteiger partial charge in [-0.1, -0.05) is 31.4 Å². The molecule has 104 valence electrons. The van der Waals surface area contributed by atoms with E-state index in [-0.39, 0.29) is 6.09 Å². The van der Waals surface area contributed by atoms with Gasteiger partial charge in [0.15, 0.2) is 0 Å². The first-order chi connectivity index (χ1) is 8.42. The van der Waals surface area contributed by atoms with Crippen LogP contribution in [0.2, 0.25) is 0 Å². The van der Waals surface area contributed by atoms with Crippen molar-refractivity contribution in [1.29, 1.82) is 0 Å². The fourth-order valence-corrected chi connectivity index (χ4v) is 2.03. The fraction of sp³-hybridized carbons (Fsp3) is 0.800. The van der Waals surface area contributed by atoms with Crippen LogP contribution in [0.5, 0.6) is 0 Å². The van der Waals surface area contributed by atoms with Crippen molar-refractivity contribution in [3.63, 3.8) is 0 Å². The number of hydrogen-bond acceptors (Lipinski definition) is 2. The van der Waals surface area contributed by atoms with Crippen molar-refractivity contribution in [1.82, 2.24) is 4.90 Å². The molecule has 1 aliphatic heterocycles. The van der Waals surface area contributed by atoms with Crippen LogP contribution in [0.4, 0.5) is 4.79 Å². The third-order valence-corrected chi connectivity index (χ3v) is 3.06. The standard InChI is InChI=1S/C15H27NO2/c1-5-6-7-8-13-9-11-16(12-10-13)14(17)18-15(2,3)4/h9H,5-8,10-12H2,1-4H3. The zero-order valence-corrected chi connectivity index (χ0v) is 12.3. The molecule has 1 amide bonds.